The first kappa shape index (κ1) is 23.7. The lowest BCUT2D eigenvalue weighted by Gasteiger charge is -2.52. The molecule has 0 unspecified atom stereocenters. The molecule has 6 nitrogen and oxygen atoms in total. The molecule has 2 aliphatic rings. The van der Waals surface area contributed by atoms with E-state index in [2.05, 4.69) is 31.0 Å². The third-order valence-electron chi connectivity index (χ3n) is 6.63. The third kappa shape index (κ3) is 5.09. The maximum Gasteiger partial charge on any atom is 0.246 e. The maximum absolute atomic E-state index is 14.0. The number of amides is 2. The standard InChI is InChI=1S/C24H36FN3O3/c1-4-5-10-28-22(30)21(13-17(2)3)26-23(31)24(28)8-11-27(12-9-24)15-18-6-7-19(16-29)20(25)14-18/h6-7,14,17,21,29H,4-5,8-13,15-16H2,1-3H3,(H,26,31)/t21-/m0/s1. The number of rotatable bonds is 8. The molecule has 7 heteroatoms. The van der Waals surface area contributed by atoms with Gasteiger partial charge in [0.2, 0.25) is 11.8 Å². The van der Waals surface area contributed by atoms with Crippen molar-refractivity contribution in [3.8, 4) is 0 Å². The summed E-state index contributed by atoms with van der Waals surface area (Å²) in [6.45, 7) is 8.44. The number of halogens is 1. The number of hydrogen-bond donors (Lipinski definition) is 2. The summed E-state index contributed by atoms with van der Waals surface area (Å²) in [5.74, 6) is -0.0350. The molecule has 2 aliphatic heterocycles. The van der Waals surface area contributed by atoms with Crippen molar-refractivity contribution in [3.63, 3.8) is 0 Å². The van der Waals surface area contributed by atoms with E-state index in [0.29, 0.717) is 56.9 Å². The lowest BCUT2D eigenvalue weighted by Crippen LogP contribution is -2.73. The van der Waals surface area contributed by atoms with E-state index >= 15 is 0 Å². The summed E-state index contributed by atoms with van der Waals surface area (Å²) in [7, 11) is 0. The van der Waals surface area contributed by atoms with Crippen LogP contribution in [-0.2, 0) is 22.7 Å². The molecule has 172 valence electrons. The molecule has 1 atom stereocenters. The molecule has 3 rings (SSSR count). The van der Waals surface area contributed by atoms with Crippen molar-refractivity contribution in [2.45, 2.75) is 77.6 Å². The van der Waals surface area contributed by atoms with Gasteiger partial charge in [0.15, 0.2) is 0 Å². The second-order valence-corrected chi connectivity index (χ2v) is 9.39. The highest BCUT2D eigenvalue weighted by atomic mass is 19.1. The largest absolute Gasteiger partial charge is 0.392 e. The van der Waals surface area contributed by atoms with Crippen LogP contribution in [0, 0.1) is 11.7 Å². The smallest absolute Gasteiger partial charge is 0.246 e. The zero-order valence-corrected chi connectivity index (χ0v) is 19.0. The van der Waals surface area contributed by atoms with Crippen LogP contribution in [0.5, 0.6) is 0 Å². The minimum atomic E-state index is -0.776. The molecule has 2 N–H and O–H groups in total. The van der Waals surface area contributed by atoms with Crippen molar-refractivity contribution < 1.29 is 19.1 Å². The number of benzene rings is 1. The molecule has 1 aromatic carbocycles. The lowest BCUT2D eigenvalue weighted by molar-refractivity contribution is -0.161. The Kier molecular flexibility index (Phi) is 7.70. The van der Waals surface area contributed by atoms with Crippen molar-refractivity contribution in [1.82, 2.24) is 15.1 Å². The van der Waals surface area contributed by atoms with Crippen molar-refractivity contribution in [2.75, 3.05) is 19.6 Å². The molecular weight excluding hydrogens is 397 g/mol. The Labute approximate surface area is 184 Å². The van der Waals surface area contributed by atoms with Gasteiger partial charge in [-0.3, -0.25) is 14.5 Å². The van der Waals surface area contributed by atoms with Crippen molar-refractivity contribution in [1.29, 1.82) is 0 Å². The molecule has 31 heavy (non-hydrogen) atoms. The summed E-state index contributed by atoms with van der Waals surface area (Å²) < 4.78 is 14.0. The average molecular weight is 434 g/mol. The molecule has 0 aliphatic carbocycles. The van der Waals surface area contributed by atoms with Crippen LogP contribution in [0.2, 0.25) is 0 Å². The molecule has 1 spiro atoms. The van der Waals surface area contributed by atoms with E-state index in [0.717, 1.165) is 18.4 Å². The molecule has 0 radical (unpaired) electrons. The number of piperazine rings is 1. The van der Waals surface area contributed by atoms with Gasteiger partial charge >= 0.3 is 0 Å². The summed E-state index contributed by atoms with van der Waals surface area (Å²) in [4.78, 5) is 30.6. The van der Waals surface area contributed by atoms with Gasteiger partial charge in [0.25, 0.3) is 0 Å². The predicted molar refractivity (Wildman–Crippen MR) is 118 cm³/mol. The van der Waals surface area contributed by atoms with Crippen LogP contribution in [0.3, 0.4) is 0 Å². The molecule has 2 saturated heterocycles. The quantitative estimate of drug-likeness (QED) is 0.661. The Balaban J connectivity index is 1.71. The molecule has 0 aromatic heterocycles. The number of aliphatic hydroxyl groups is 1. The second kappa shape index (κ2) is 10.1. The summed E-state index contributed by atoms with van der Waals surface area (Å²) in [5, 5.41) is 12.2. The summed E-state index contributed by atoms with van der Waals surface area (Å²) in [6, 6.07) is 4.49. The van der Waals surface area contributed by atoms with Crippen LogP contribution in [0.25, 0.3) is 0 Å². The van der Waals surface area contributed by atoms with Crippen LogP contribution in [0.15, 0.2) is 18.2 Å². The number of hydrogen-bond acceptors (Lipinski definition) is 4. The van der Waals surface area contributed by atoms with E-state index in [4.69, 9.17) is 5.11 Å². The summed E-state index contributed by atoms with van der Waals surface area (Å²) >= 11 is 0. The first-order chi connectivity index (χ1) is 14.8. The van der Waals surface area contributed by atoms with Crippen LogP contribution in [0.4, 0.5) is 4.39 Å². The van der Waals surface area contributed by atoms with E-state index in [1.807, 2.05) is 11.0 Å². The van der Waals surface area contributed by atoms with Gasteiger partial charge in [-0.1, -0.05) is 39.3 Å². The van der Waals surface area contributed by atoms with Crippen LogP contribution in [-0.4, -0.2) is 57.9 Å². The number of likely N-dealkylation sites (tertiary alicyclic amines) is 1. The fourth-order valence-electron chi connectivity index (χ4n) is 4.80. The lowest BCUT2D eigenvalue weighted by atomic mass is 9.80. The topological polar surface area (TPSA) is 72.9 Å². The highest BCUT2D eigenvalue weighted by molar-refractivity contribution is 6.00. The highest BCUT2D eigenvalue weighted by Gasteiger charge is 2.53. The normalized spacial score (nSPS) is 21.7. The molecule has 2 heterocycles. The third-order valence-corrected chi connectivity index (χ3v) is 6.63. The molecule has 0 bridgehead atoms. The van der Waals surface area contributed by atoms with Gasteiger partial charge in [-0.2, -0.15) is 0 Å². The fourth-order valence-corrected chi connectivity index (χ4v) is 4.80. The van der Waals surface area contributed by atoms with E-state index in [1.165, 1.54) is 6.07 Å². The second-order valence-electron chi connectivity index (χ2n) is 9.39. The van der Waals surface area contributed by atoms with Crippen LogP contribution < -0.4 is 5.32 Å². The molecule has 2 amide bonds. The van der Waals surface area contributed by atoms with Gasteiger partial charge in [0.1, 0.15) is 17.4 Å². The SMILES string of the molecule is CCCCN1C(=O)[C@H](CC(C)C)NC(=O)C12CCN(Cc1ccc(CO)c(F)c1)CC2. The van der Waals surface area contributed by atoms with Crippen molar-refractivity contribution in [3.05, 3.63) is 35.1 Å². The van der Waals surface area contributed by atoms with Gasteiger partial charge in [-0.15, -0.1) is 0 Å². The monoisotopic (exact) mass is 433 g/mol. The maximum atomic E-state index is 14.0. The minimum absolute atomic E-state index is 0.0214. The van der Waals surface area contributed by atoms with Crippen LogP contribution in [0.1, 0.15) is 64.0 Å². The Morgan fingerprint density at radius 3 is 2.55 bits per heavy atom. The van der Waals surface area contributed by atoms with E-state index in [-0.39, 0.29) is 18.4 Å². The van der Waals surface area contributed by atoms with Gasteiger partial charge in [-0.05, 0) is 43.2 Å². The molecular formula is C24H36FN3O3. The highest BCUT2D eigenvalue weighted by Crippen LogP contribution is 2.34. The zero-order chi connectivity index (χ0) is 22.6. The number of nitrogens with one attached hydrogen (secondary N) is 1. The number of unbranched alkanes of at least 4 members (excludes halogenated alkanes) is 1. The number of carbonyl (C=O) groups excluding carboxylic acids is 2. The Bertz CT molecular complexity index is 790. The number of carbonyl (C=O) groups is 2. The Hall–Kier alpha value is -1.99. The summed E-state index contributed by atoms with van der Waals surface area (Å²) in [5.41, 5.74) is 0.360. The first-order valence-corrected chi connectivity index (χ1v) is 11.5. The van der Waals surface area contributed by atoms with Crippen LogP contribution >= 0.6 is 0 Å². The predicted octanol–water partition coefficient (Wildman–Crippen LogP) is 2.83. The zero-order valence-electron chi connectivity index (χ0n) is 19.0. The summed E-state index contributed by atoms with van der Waals surface area (Å²) in [6.07, 6.45) is 3.68. The van der Waals surface area contributed by atoms with E-state index in [1.54, 1.807) is 6.07 Å². The first-order valence-electron chi connectivity index (χ1n) is 11.5. The van der Waals surface area contributed by atoms with Gasteiger partial charge in [0, 0.05) is 31.7 Å². The molecule has 2 fully saturated rings. The van der Waals surface area contributed by atoms with Crippen molar-refractivity contribution >= 4 is 11.8 Å². The Morgan fingerprint density at radius 2 is 1.97 bits per heavy atom. The van der Waals surface area contributed by atoms with E-state index < -0.39 is 17.4 Å². The Morgan fingerprint density at radius 1 is 1.26 bits per heavy atom. The van der Waals surface area contributed by atoms with E-state index in [9.17, 15) is 14.0 Å². The molecule has 0 saturated carbocycles. The van der Waals surface area contributed by atoms with Crippen molar-refractivity contribution in [2.24, 2.45) is 5.92 Å². The number of piperidine rings is 1. The van der Waals surface area contributed by atoms with Gasteiger partial charge in [-0.25, -0.2) is 4.39 Å². The van der Waals surface area contributed by atoms with Gasteiger partial charge in [0.05, 0.1) is 6.61 Å². The molecule has 1 aromatic rings. The number of aliphatic hydroxyl groups excluding tert-OH is 1. The number of nitrogens with zero attached hydrogens (tertiary/aromatic N) is 2. The van der Waals surface area contributed by atoms with Gasteiger partial charge < -0.3 is 15.3 Å². The average Bonchev–Trinajstić information content (AvgIpc) is 2.73. The fraction of sp³-hybridized carbons (Fsp3) is 0.667. The minimum Gasteiger partial charge on any atom is -0.392 e.